The van der Waals surface area contributed by atoms with Gasteiger partial charge < -0.3 is 14.9 Å². The minimum Gasteiger partial charge on any atom is -0.392 e. The summed E-state index contributed by atoms with van der Waals surface area (Å²) in [6, 6.07) is 0.110. The van der Waals surface area contributed by atoms with Gasteiger partial charge in [0.2, 0.25) is 0 Å². The Labute approximate surface area is 196 Å². The Morgan fingerprint density at radius 1 is 1.33 bits per heavy atom. The Kier molecular flexibility index (Phi) is 6.69. The molecule has 10 heteroatoms. The third-order valence-corrected chi connectivity index (χ3v) is 8.26. The Hall–Kier alpha value is -1.46. The number of piperidine rings is 1. The van der Waals surface area contributed by atoms with Gasteiger partial charge in [-0.15, -0.1) is 11.3 Å². The summed E-state index contributed by atoms with van der Waals surface area (Å²) in [5.41, 5.74) is 0.258. The highest BCUT2D eigenvalue weighted by Gasteiger charge is 2.48. The smallest absolute Gasteiger partial charge is 0.392 e. The molecule has 1 spiro atoms. The van der Waals surface area contributed by atoms with E-state index in [1.807, 2.05) is 17.1 Å². The molecule has 1 saturated heterocycles. The van der Waals surface area contributed by atoms with E-state index >= 15 is 0 Å². The third kappa shape index (κ3) is 5.14. The van der Waals surface area contributed by atoms with Crippen LogP contribution in [-0.4, -0.2) is 49.7 Å². The van der Waals surface area contributed by atoms with Crippen molar-refractivity contribution < 1.29 is 28.1 Å². The number of thiophene rings is 1. The number of likely N-dealkylation sites (tertiary alicyclic amines) is 1. The van der Waals surface area contributed by atoms with Crippen LogP contribution in [0, 0.1) is 0 Å². The van der Waals surface area contributed by atoms with Gasteiger partial charge in [0, 0.05) is 47.9 Å². The quantitative estimate of drug-likeness (QED) is 0.643. The molecule has 2 aromatic rings. The number of aliphatic hydroxyl groups is 2. The number of rotatable bonds is 6. The number of alkyl halides is 3. The number of hydrogen-bond acceptors (Lipinski definition) is 6. The van der Waals surface area contributed by atoms with Crippen LogP contribution in [0.25, 0.3) is 0 Å². The van der Waals surface area contributed by atoms with Gasteiger partial charge in [0.25, 0.3) is 0 Å². The maximum atomic E-state index is 13.6. The lowest BCUT2D eigenvalue weighted by atomic mass is 9.81. The first-order chi connectivity index (χ1) is 15.4. The van der Waals surface area contributed by atoms with Crippen LogP contribution in [0.15, 0.2) is 12.4 Å². The van der Waals surface area contributed by atoms with Gasteiger partial charge in [-0.1, -0.05) is 0 Å². The molecule has 0 radical (unpaired) electrons. The van der Waals surface area contributed by atoms with Crippen LogP contribution in [-0.2, 0) is 42.6 Å². The highest BCUT2D eigenvalue weighted by molar-refractivity contribution is 7.12. The SMILES string of the molecule is C[C@H]1C[C@@]2(CCN1Cc1cnn(CCC(C)(C)O)c1)OCCc1c2sc(C(F)(F)F)c1CO. The summed E-state index contributed by atoms with van der Waals surface area (Å²) in [6.45, 7) is 7.43. The minimum atomic E-state index is -4.47. The minimum absolute atomic E-state index is 0.0266. The highest BCUT2D eigenvalue weighted by atomic mass is 32.1. The Morgan fingerprint density at radius 2 is 2.09 bits per heavy atom. The van der Waals surface area contributed by atoms with Crippen LogP contribution < -0.4 is 0 Å². The second-order valence-electron chi connectivity index (χ2n) is 9.91. The Balaban J connectivity index is 1.48. The molecule has 33 heavy (non-hydrogen) atoms. The standard InChI is InChI=1S/C23H32F3N3O3S/c1-15-10-22(19-17(4-9-32-22)18(14-30)20(33-19)23(24,25)26)6-7-28(15)12-16-11-27-29(13-16)8-5-21(2,3)31/h11,13,15,30-31H,4-10,12,14H2,1-3H3/t15-,22+/m0/s1. The van der Waals surface area contributed by atoms with Crippen molar-refractivity contribution in [1.29, 1.82) is 0 Å². The second kappa shape index (κ2) is 8.96. The predicted molar refractivity (Wildman–Crippen MR) is 119 cm³/mol. The molecule has 184 valence electrons. The summed E-state index contributed by atoms with van der Waals surface area (Å²) < 4.78 is 48.9. The van der Waals surface area contributed by atoms with E-state index in [1.54, 1.807) is 13.8 Å². The van der Waals surface area contributed by atoms with Gasteiger partial charge in [0.15, 0.2) is 0 Å². The van der Waals surface area contributed by atoms with E-state index in [0.717, 1.165) is 16.9 Å². The summed E-state index contributed by atoms with van der Waals surface area (Å²) in [4.78, 5) is 2.27. The molecule has 6 nitrogen and oxygen atoms in total. The van der Waals surface area contributed by atoms with Gasteiger partial charge in [-0.2, -0.15) is 18.3 Å². The van der Waals surface area contributed by atoms with Crippen LogP contribution >= 0.6 is 11.3 Å². The molecule has 1 fully saturated rings. The average Bonchev–Trinajstić information content (AvgIpc) is 3.33. The lowest BCUT2D eigenvalue weighted by molar-refractivity contribution is -0.135. The maximum Gasteiger partial charge on any atom is 0.425 e. The molecule has 0 amide bonds. The van der Waals surface area contributed by atoms with E-state index in [-0.39, 0.29) is 11.6 Å². The van der Waals surface area contributed by atoms with Crippen molar-refractivity contribution in [2.75, 3.05) is 13.2 Å². The van der Waals surface area contributed by atoms with Gasteiger partial charge in [0.05, 0.1) is 25.0 Å². The van der Waals surface area contributed by atoms with Gasteiger partial charge in [0.1, 0.15) is 10.5 Å². The number of aliphatic hydroxyl groups excluding tert-OH is 1. The number of aryl methyl sites for hydroxylation is 1. The van der Waals surface area contributed by atoms with Gasteiger partial charge in [-0.05, 0) is 52.0 Å². The summed E-state index contributed by atoms with van der Waals surface area (Å²) in [6.07, 6.45) is 1.57. The summed E-state index contributed by atoms with van der Waals surface area (Å²) in [5.74, 6) is 0. The summed E-state index contributed by atoms with van der Waals surface area (Å²) in [5, 5.41) is 24.0. The van der Waals surface area contributed by atoms with E-state index in [0.29, 0.717) is 62.4 Å². The van der Waals surface area contributed by atoms with Crippen LogP contribution in [0.2, 0.25) is 0 Å². The first kappa shape index (κ1) is 24.7. The number of ether oxygens (including phenoxy) is 1. The van der Waals surface area contributed by atoms with Crippen molar-refractivity contribution in [3.8, 4) is 0 Å². The lowest BCUT2D eigenvalue weighted by Crippen LogP contribution is -2.50. The Bertz CT molecular complexity index is 982. The average molecular weight is 488 g/mol. The number of nitrogens with zero attached hydrogens (tertiary/aromatic N) is 3. The van der Waals surface area contributed by atoms with Crippen LogP contribution in [0.4, 0.5) is 13.2 Å². The summed E-state index contributed by atoms with van der Waals surface area (Å²) in [7, 11) is 0. The predicted octanol–water partition coefficient (Wildman–Crippen LogP) is 4.07. The monoisotopic (exact) mass is 487 g/mol. The van der Waals surface area contributed by atoms with Crippen molar-refractivity contribution in [2.45, 2.75) is 89.6 Å². The topological polar surface area (TPSA) is 70.8 Å². The van der Waals surface area contributed by atoms with Gasteiger partial charge >= 0.3 is 6.18 Å². The molecule has 4 heterocycles. The van der Waals surface area contributed by atoms with Crippen LogP contribution in [0.5, 0.6) is 0 Å². The fourth-order valence-electron chi connectivity index (χ4n) is 5.00. The molecule has 0 aromatic carbocycles. The molecule has 2 aliphatic heterocycles. The zero-order valence-electron chi connectivity index (χ0n) is 19.3. The van der Waals surface area contributed by atoms with Crippen molar-refractivity contribution in [2.24, 2.45) is 0 Å². The summed E-state index contributed by atoms with van der Waals surface area (Å²) >= 11 is 0.755. The molecule has 4 rings (SSSR count). The lowest BCUT2D eigenvalue weighted by Gasteiger charge is -2.47. The van der Waals surface area contributed by atoms with E-state index in [2.05, 4.69) is 16.9 Å². The zero-order valence-corrected chi connectivity index (χ0v) is 20.1. The molecule has 2 aromatic heterocycles. The zero-order chi connectivity index (χ0) is 24.0. The molecule has 0 bridgehead atoms. The highest BCUT2D eigenvalue weighted by Crippen LogP contribution is 2.51. The third-order valence-electron chi connectivity index (χ3n) is 6.75. The number of aromatic nitrogens is 2. The van der Waals surface area contributed by atoms with Crippen LogP contribution in [0.3, 0.4) is 0 Å². The molecule has 2 N–H and O–H groups in total. The number of fused-ring (bicyclic) bond motifs is 2. The normalized spacial score (nSPS) is 24.4. The van der Waals surface area contributed by atoms with Gasteiger partial charge in [-0.3, -0.25) is 9.58 Å². The largest absolute Gasteiger partial charge is 0.425 e. The molecular formula is C23H32F3N3O3S. The van der Waals surface area contributed by atoms with Crippen molar-refractivity contribution >= 4 is 11.3 Å². The number of hydrogen-bond donors (Lipinski definition) is 2. The van der Waals surface area contributed by atoms with Crippen LogP contribution in [0.1, 0.15) is 66.5 Å². The van der Waals surface area contributed by atoms with E-state index in [4.69, 9.17) is 4.74 Å². The van der Waals surface area contributed by atoms with E-state index in [1.165, 1.54) is 0 Å². The molecule has 0 aliphatic carbocycles. The number of halogens is 3. The maximum absolute atomic E-state index is 13.6. The first-order valence-electron chi connectivity index (χ1n) is 11.4. The molecular weight excluding hydrogens is 455 g/mol. The van der Waals surface area contributed by atoms with E-state index in [9.17, 15) is 23.4 Å². The fourth-order valence-corrected chi connectivity index (χ4v) is 6.41. The fraction of sp³-hybridized carbons (Fsp3) is 0.696. The van der Waals surface area contributed by atoms with Gasteiger partial charge in [-0.25, -0.2) is 0 Å². The molecule has 0 saturated carbocycles. The molecule has 2 aliphatic rings. The van der Waals surface area contributed by atoms with E-state index < -0.39 is 28.9 Å². The Morgan fingerprint density at radius 3 is 2.73 bits per heavy atom. The molecule has 0 unspecified atom stereocenters. The van der Waals surface area contributed by atoms with Crippen molar-refractivity contribution in [3.63, 3.8) is 0 Å². The molecule has 2 atom stereocenters. The van der Waals surface area contributed by atoms with Crippen molar-refractivity contribution in [1.82, 2.24) is 14.7 Å². The second-order valence-corrected chi connectivity index (χ2v) is 10.9. The first-order valence-corrected chi connectivity index (χ1v) is 12.2. The van der Waals surface area contributed by atoms with Crippen molar-refractivity contribution in [3.05, 3.63) is 38.8 Å².